The zero-order chi connectivity index (χ0) is 15.1. The lowest BCUT2D eigenvalue weighted by Gasteiger charge is -2.40. The molecule has 0 bridgehead atoms. The smallest absolute Gasteiger partial charge is 0.309 e. The molecule has 20 heavy (non-hydrogen) atoms. The predicted molar refractivity (Wildman–Crippen MR) is 73.9 cm³/mol. The molecular formula is C16H20O4. The monoisotopic (exact) mass is 276 g/mol. The van der Waals surface area contributed by atoms with Crippen LogP contribution in [0, 0.1) is 17.3 Å². The van der Waals surface area contributed by atoms with Crippen LogP contribution in [0.1, 0.15) is 33.6 Å². The van der Waals surface area contributed by atoms with E-state index in [1.807, 2.05) is 13.0 Å². The lowest BCUT2D eigenvalue weighted by Crippen LogP contribution is -2.41. The number of rotatable bonds is 2. The van der Waals surface area contributed by atoms with E-state index in [-0.39, 0.29) is 28.9 Å². The fourth-order valence-corrected chi connectivity index (χ4v) is 3.29. The standard InChI is InChI=1S/C16H20O4/c1-9(15(19)20-4)11-5-7-16(3)8-6-12(17)10(2)13(16)14(11)18/h6,8-9,11H,5,7H2,1-4H3/t9-,11+,16+/m1/s1. The van der Waals surface area contributed by atoms with Crippen molar-refractivity contribution in [2.45, 2.75) is 33.6 Å². The van der Waals surface area contributed by atoms with Gasteiger partial charge in [0.15, 0.2) is 11.6 Å². The number of Topliss-reactive ketones (excluding diaryl/α,β-unsaturated/α-hetero) is 1. The van der Waals surface area contributed by atoms with Gasteiger partial charge in [0.25, 0.3) is 0 Å². The minimum atomic E-state index is -0.474. The molecule has 2 aliphatic rings. The highest BCUT2D eigenvalue weighted by Gasteiger charge is 2.46. The average Bonchev–Trinajstić information content (AvgIpc) is 2.42. The van der Waals surface area contributed by atoms with E-state index in [1.54, 1.807) is 19.9 Å². The maximum Gasteiger partial charge on any atom is 0.309 e. The topological polar surface area (TPSA) is 60.4 Å². The van der Waals surface area contributed by atoms with Gasteiger partial charge in [-0.25, -0.2) is 0 Å². The fourth-order valence-electron chi connectivity index (χ4n) is 3.29. The number of allylic oxidation sites excluding steroid dienone is 4. The number of ketones is 2. The summed E-state index contributed by atoms with van der Waals surface area (Å²) in [5.74, 6) is -1.43. The van der Waals surface area contributed by atoms with Gasteiger partial charge in [0, 0.05) is 22.5 Å². The van der Waals surface area contributed by atoms with Gasteiger partial charge < -0.3 is 4.74 Å². The number of methoxy groups -OCH3 is 1. The molecule has 0 aromatic carbocycles. The molecule has 108 valence electrons. The normalized spacial score (nSPS) is 31.1. The summed E-state index contributed by atoms with van der Waals surface area (Å²) in [6.07, 6.45) is 4.78. The molecule has 3 atom stereocenters. The van der Waals surface area contributed by atoms with Crippen LogP contribution in [0.4, 0.5) is 0 Å². The lowest BCUT2D eigenvalue weighted by atomic mass is 9.61. The van der Waals surface area contributed by atoms with Crippen molar-refractivity contribution in [1.29, 1.82) is 0 Å². The summed E-state index contributed by atoms with van der Waals surface area (Å²) in [7, 11) is 1.33. The second-order valence-corrected chi connectivity index (χ2v) is 5.94. The molecule has 4 nitrogen and oxygen atoms in total. The van der Waals surface area contributed by atoms with Gasteiger partial charge in [0.1, 0.15) is 0 Å². The van der Waals surface area contributed by atoms with Crippen molar-refractivity contribution < 1.29 is 19.1 Å². The van der Waals surface area contributed by atoms with E-state index in [1.165, 1.54) is 7.11 Å². The van der Waals surface area contributed by atoms with Crippen molar-refractivity contribution >= 4 is 17.5 Å². The first-order valence-corrected chi connectivity index (χ1v) is 6.89. The number of carbonyl (C=O) groups excluding carboxylic acids is 3. The Bertz CT molecular complexity index is 541. The largest absolute Gasteiger partial charge is 0.469 e. The van der Waals surface area contributed by atoms with E-state index < -0.39 is 5.92 Å². The third-order valence-electron chi connectivity index (χ3n) is 4.65. The molecule has 0 radical (unpaired) electrons. The summed E-state index contributed by atoms with van der Waals surface area (Å²) in [4.78, 5) is 36.2. The van der Waals surface area contributed by atoms with E-state index in [0.29, 0.717) is 17.6 Å². The minimum absolute atomic E-state index is 0.0770. The summed E-state index contributed by atoms with van der Waals surface area (Å²) >= 11 is 0. The molecule has 0 aromatic rings. The van der Waals surface area contributed by atoms with Crippen molar-refractivity contribution in [2.75, 3.05) is 7.11 Å². The molecule has 4 heteroatoms. The van der Waals surface area contributed by atoms with Crippen LogP contribution in [0.25, 0.3) is 0 Å². The van der Waals surface area contributed by atoms with Crippen LogP contribution < -0.4 is 0 Å². The second-order valence-electron chi connectivity index (χ2n) is 5.94. The average molecular weight is 276 g/mol. The molecule has 0 saturated heterocycles. The summed E-state index contributed by atoms with van der Waals surface area (Å²) in [5.41, 5.74) is 0.722. The van der Waals surface area contributed by atoms with Crippen LogP contribution in [0.2, 0.25) is 0 Å². The van der Waals surface area contributed by atoms with Crippen molar-refractivity contribution in [3.8, 4) is 0 Å². The quantitative estimate of drug-likeness (QED) is 0.726. The molecule has 0 heterocycles. The van der Waals surface area contributed by atoms with Gasteiger partial charge in [-0.15, -0.1) is 0 Å². The van der Waals surface area contributed by atoms with Gasteiger partial charge in [-0.3, -0.25) is 14.4 Å². The first-order valence-electron chi connectivity index (χ1n) is 6.89. The number of hydrogen-bond donors (Lipinski definition) is 0. The van der Waals surface area contributed by atoms with Gasteiger partial charge in [-0.05, 0) is 25.8 Å². The highest BCUT2D eigenvalue weighted by Crippen LogP contribution is 2.47. The zero-order valence-corrected chi connectivity index (χ0v) is 12.4. The minimum Gasteiger partial charge on any atom is -0.469 e. The Kier molecular flexibility index (Phi) is 3.67. The van der Waals surface area contributed by atoms with Crippen LogP contribution in [0.5, 0.6) is 0 Å². The zero-order valence-electron chi connectivity index (χ0n) is 12.4. The summed E-state index contributed by atoms with van der Waals surface area (Å²) in [6.45, 7) is 5.39. The number of ether oxygens (including phenoxy) is 1. The summed E-state index contributed by atoms with van der Waals surface area (Å²) in [6, 6.07) is 0. The molecule has 0 amide bonds. The molecule has 0 unspecified atom stereocenters. The van der Waals surface area contributed by atoms with E-state index in [2.05, 4.69) is 0 Å². The second kappa shape index (κ2) is 5.00. The van der Waals surface area contributed by atoms with Gasteiger partial charge in [-0.2, -0.15) is 0 Å². The number of hydrogen-bond acceptors (Lipinski definition) is 4. The number of esters is 1. The van der Waals surface area contributed by atoms with Crippen LogP contribution in [0.15, 0.2) is 23.3 Å². The molecule has 0 spiro atoms. The van der Waals surface area contributed by atoms with Gasteiger partial charge >= 0.3 is 5.97 Å². The molecule has 2 rings (SSSR count). The lowest BCUT2D eigenvalue weighted by molar-refractivity contribution is -0.149. The van der Waals surface area contributed by atoms with Crippen LogP contribution in [-0.2, 0) is 19.1 Å². The van der Waals surface area contributed by atoms with Crippen molar-refractivity contribution in [1.82, 2.24) is 0 Å². The highest BCUT2D eigenvalue weighted by atomic mass is 16.5. The molecule has 0 N–H and O–H groups in total. The van der Waals surface area contributed by atoms with E-state index >= 15 is 0 Å². The van der Waals surface area contributed by atoms with Crippen molar-refractivity contribution in [3.05, 3.63) is 23.3 Å². The van der Waals surface area contributed by atoms with E-state index in [9.17, 15) is 14.4 Å². The molecule has 0 aliphatic heterocycles. The van der Waals surface area contributed by atoms with Gasteiger partial charge in [0.2, 0.25) is 0 Å². The number of fused-ring (bicyclic) bond motifs is 1. The molecule has 1 saturated carbocycles. The van der Waals surface area contributed by atoms with Crippen molar-refractivity contribution in [3.63, 3.8) is 0 Å². The van der Waals surface area contributed by atoms with Crippen LogP contribution >= 0.6 is 0 Å². The molecular weight excluding hydrogens is 256 g/mol. The van der Waals surface area contributed by atoms with E-state index in [4.69, 9.17) is 4.74 Å². The molecule has 0 aromatic heterocycles. The van der Waals surface area contributed by atoms with Crippen LogP contribution in [0.3, 0.4) is 0 Å². The summed E-state index contributed by atoms with van der Waals surface area (Å²) < 4.78 is 4.73. The third-order valence-corrected chi connectivity index (χ3v) is 4.65. The number of carbonyl (C=O) groups is 3. The molecule has 1 fully saturated rings. The third kappa shape index (κ3) is 2.13. The van der Waals surface area contributed by atoms with Gasteiger partial charge in [-0.1, -0.05) is 19.9 Å². The Morgan fingerprint density at radius 3 is 2.70 bits per heavy atom. The van der Waals surface area contributed by atoms with Crippen LogP contribution in [-0.4, -0.2) is 24.6 Å². The maximum absolute atomic E-state index is 12.7. The Labute approximate surface area is 118 Å². The molecule has 2 aliphatic carbocycles. The summed E-state index contributed by atoms with van der Waals surface area (Å²) in [5, 5.41) is 0. The Morgan fingerprint density at radius 2 is 2.10 bits per heavy atom. The fraction of sp³-hybridized carbons (Fsp3) is 0.562. The Balaban J connectivity index is 2.39. The SMILES string of the molecule is COC(=O)[C@H](C)[C@@H]1CC[C@@]2(C)C=CC(=O)C(C)=C2C1=O. The van der Waals surface area contributed by atoms with E-state index in [0.717, 1.165) is 6.42 Å². The maximum atomic E-state index is 12.7. The highest BCUT2D eigenvalue weighted by molar-refractivity contribution is 6.14. The Hall–Kier alpha value is -1.71. The Morgan fingerprint density at radius 1 is 1.45 bits per heavy atom. The predicted octanol–water partition coefficient (Wildman–Crippen LogP) is 2.24. The van der Waals surface area contributed by atoms with Crippen molar-refractivity contribution in [2.24, 2.45) is 17.3 Å². The first kappa shape index (κ1) is 14.7. The first-order chi connectivity index (χ1) is 9.31. The van der Waals surface area contributed by atoms with Gasteiger partial charge in [0.05, 0.1) is 13.0 Å².